The average molecular weight is 285 g/mol. The van der Waals surface area contributed by atoms with Crippen molar-refractivity contribution in [2.45, 2.75) is 13.0 Å². The Morgan fingerprint density at radius 3 is 2.75 bits per heavy atom. The van der Waals surface area contributed by atoms with Crippen LogP contribution < -0.4 is 10.1 Å². The summed E-state index contributed by atoms with van der Waals surface area (Å²) in [7, 11) is 0. The molecule has 0 radical (unpaired) electrons. The number of halogens is 1. The van der Waals surface area contributed by atoms with E-state index in [1.165, 1.54) is 25.1 Å². The van der Waals surface area contributed by atoms with Gasteiger partial charge in [-0.15, -0.1) is 0 Å². The van der Waals surface area contributed by atoms with Gasteiger partial charge in [0.05, 0.1) is 6.61 Å². The fourth-order valence-corrected chi connectivity index (χ4v) is 1.33. The number of carboxylic acids is 1. The number of nitrogens with one attached hydrogen (secondary N) is 1. The van der Waals surface area contributed by atoms with Crippen molar-refractivity contribution in [1.82, 2.24) is 5.32 Å². The Hall–Kier alpha value is -2.15. The Labute approximate surface area is 115 Å². The second-order valence-corrected chi connectivity index (χ2v) is 3.93. The van der Waals surface area contributed by atoms with Crippen molar-refractivity contribution in [3.63, 3.8) is 0 Å². The molecule has 1 rings (SSSR count). The maximum atomic E-state index is 13.3. The van der Waals surface area contributed by atoms with Gasteiger partial charge in [-0.3, -0.25) is 4.79 Å². The van der Waals surface area contributed by atoms with E-state index in [1.54, 1.807) is 6.07 Å². The molecule has 0 spiro atoms. The van der Waals surface area contributed by atoms with Crippen LogP contribution in [0.25, 0.3) is 0 Å². The summed E-state index contributed by atoms with van der Waals surface area (Å²) in [6, 6.07) is 5.78. The first-order valence-corrected chi connectivity index (χ1v) is 5.99. The summed E-state index contributed by atoms with van der Waals surface area (Å²) in [6.07, 6.45) is -0.869. The van der Waals surface area contributed by atoms with Gasteiger partial charge >= 0.3 is 5.97 Å². The molecule has 20 heavy (non-hydrogen) atoms. The molecule has 1 aromatic rings. The number of aliphatic carboxylic acids is 1. The molecule has 0 saturated carbocycles. The number of para-hydroxylation sites is 1. The van der Waals surface area contributed by atoms with Gasteiger partial charge in [0.15, 0.2) is 17.7 Å². The van der Waals surface area contributed by atoms with Gasteiger partial charge in [0.25, 0.3) is 5.91 Å². The van der Waals surface area contributed by atoms with Crippen LogP contribution in [-0.4, -0.2) is 42.8 Å². The molecule has 6 nitrogen and oxygen atoms in total. The maximum absolute atomic E-state index is 13.3. The number of hydrogen-bond acceptors (Lipinski definition) is 4. The van der Waals surface area contributed by atoms with Crippen molar-refractivity contribution in [2.75, 3.05) is 19.8 Å². The fourth-order valence-electron chi connectivity index (χ4n) is 1.33. The molecule has 1 unspecified atom stereocenters. The molecule has 1 amide bonds. The smallest absolute Gasteiger partial charge is 0.329 e. The van der Waals surface area contributed by atoms with Crippen LogP contribution in [0.3, 0.4) is 0 Å². The third kappa shape index (κ3) is 5.66. The van der Waals surface area contributed by atoms with E-state index < -0.39 is 30.4 Å². The molecule has 0 bridgehead atoms. The third-order valence-electron chi connectivity index (χ3n) is 2.28. The van der Waals surface area contributed by atoms with E-state index in [-0.39, 0.29) is 18.9 Å². The molecule has 0 aliphatic heterocycles. The van der Waals surface area contributed by atoms with Gasteiger partial charge in [-0.05, 0) is 19.1 Å². The molecule has 0 heterocycles. The van der Waals surface area contributed by atoms with Crippen LogP contribution in [0.5, 0.6) is 5.75 Å². The topological polar surface area (TPSA) is 84.9 Å². The summed E-state index contributed by atoms with van der Waals surface area (Å²) in [4.78, 5) is 21.8. The van der Waals surface area contributed by atoms with Gasteiger partial charge < -0.3 is 19.9 Å². The Morgan fingerprint density at radius 1 is 1.40 bits per heavy atom. The van der Waals surface area contributed by atoms with Gasteiger partial charge in [-0.25, -0.2) is 9.18 Å². The predicted molar refractivity (Wildman–Crippen MR) is 68.0 cm³/mol. The first kappa shape index (κ1) is 15.9. The van der Waals surface area contributed by atoms with E-state index in [2.05, 4.69) is 5.32 Å². The number of benzene rings is 1. The Bertz CT molecular complexity index is 466. The fraction of sp³-hybridized carbons (Fsp3) is 0.385. The highest BCUT2D eigenvalue weighted by molar-refractivity contribution is 5.80. The van der Waals surface area contributed by atoms with Crippen molar-refractivity contribution in [1.29, 1.82) is 0 Å². The van der Waals surface area contributed by atoms with Gasteiger partial charge in [0.1, 0.15) is 6.61 Å². The number of carboxylic acid groups (broad SMARTS) is 1. The van der Waals surface area contributed by atoms with Gasteiger partial charge in [0.2, 0.25) is 0 Å². The van der Waals surface area contributed by atoms with Crippen molar-refractivity contribution >= 4 is 11.9 Å². The summed E-state index contributed by atoms with van der Waals surface area (Å²) in [5.74, 6) is -2.06. The number of ether oxygens (including phenoxy) is 2. The Morgan fingerprint density at radius 2 is 2.10 bits per heavy atom. The highest BCUT2D eigenvalue weighted by atomic mass is 19.1. The molecule has 110 valence electrons. The van der Waals surface area contributed by atoms with Gasteiger partial charge in [0, 0.05) is 6.54 Å². The Balaban J connectivity index is 2.29. The number of carbonyl (C=O) groups is 2. The molecule has 0 aliphatic rings. The van der Waals surface area contributed by atoms with Crippen LogP contribution in [0, 0.1) is 5.82 Å². The van der Waals surface area contributed by atoms with Crippen LogP contribution >= 0.6 is 0 Å². The first-order valence-electron chi connectivity index (χ1n) is 5.99. The zero-order chi connectivity index (χ0) is 15.0. The minimum atomic E-state index is -1.08. The SMILES string of the molecule is CC(Oc1ccccc1F)C(=O)NCCOCC(=O)O. The minimum Gasteiger partial charge on any atom is -0.480 e. The summed E-state index contributed by atoms with van der Waals surface area (Å²) in [5, 5.41) is 10.8. The molecule has 0 aliphatic carbocycles. The summed E-state index contributed by atoms with van der Waals surface area (Å²) in [5.41, 5.74) is 0. The lowest BCUT2D eigenvalue weighted by molar-refractivity contribution is -0.142. The van der Waals surface area contributed by atoms with Crippen LogP contribution in [0.15, 0.2) is 24.3 Å². The molecule has 1 aromatic carbocycles. The number of hydrogen-bond donors (Lipinski definition) is 2. The molecular weight excluding hydrogens is 269 g/mol. The normalized spacial score (nSPS) is 11.7. The highest BCUT2D eigenvalue weighted by Crippen LogP contribution is 2.16. The second-order valence-electron chi connectivity index (χ2n) is 3.93. The second kappa shape index (κ2) is 8.11. The standard InChI is InChI=1S/C13H16FNO5/c1-9(20-11-5-3-2-4-10(11)14)13(18)15-6-7-19-8-12(16)17/h2-5,9H,6-8H2,1H3,(H,15,18)(H,16,17). The Kier molecular flexibility index (Phi) is 6.45. The molecule has 0 saturated heterocycles. The monoisotopic (exact) mass is 285 g/mol. The lowest BCUT2D eigenvalue weighted by Gasteiger charge is -2.15. The van der Waals surface area contributed by atoms with E-state index in [4.69, 9.17) is 14.6 Å². The quantitative estimate of drug-likeness (QED) is 0.690. The molecule has 7 heteroatoms. The zero-order valence-corrected chi connectivity index (χ0v) is 11.0. The van der Waals surface area contributed by atoms with Gasteiger partial charge in [-0.1, -0.05) is 12.1 Å². The molecule has 0 fully saturated rings. The summed E-state index contributed by atoms with van der Waals surface area (Å²) >= 11 is 0. The van der Waals surface area contributed by atoms with Crippen LogP contribution in [-0.2, 0) is 14.3 Å². The van der Waals surface area contributed by atoms with Crippen LogP contribution in [0.2, 0.25) is 0 Å². The molecule has 0 aromatic heterocycles. The van der Waals surface area contributed by atoms with Crippen molar-refractivity contribution in [2.24, 2.45) is 0 Å². The predicted octanol–water partition coefficient (Wildman–Crippen LogP) is 0.810. The lowest BCUT2D eigenvalue weighted by Crippen LogP contribution is -2.38. The minimum absolute atomic E-state index is 0.00252. The third-order valence-corrected chi connectivity index (χ3v) is 2.28. The molecule has 2 N–H and O–H groups in total. The van der Waals surface area contributed by atoms with Gasteiger partial charge in [-0.2, -0.15) is 0 Å². The number of carbonyl (C=O) groups excluding carboxylic acids is 1. The highest BCUT2D eigenvalue weighted by Gasteiger charge is 2.15. The molecule has 1 atom stereocenters. The van der Waals surface area contributed by atoms with E-state index in [0.717, 1.165) is 0 Å². The largest absolute Gasteiger partial charge is 0.480 e. The molecular formula is C13H16FNO5. The van der Waals surface area contributed by atoms with Crippen LogP contribution in [0.4, 0.5) is 4.39 Å². The lowest BCUT2D eigenvalue weighted by atomic mass is 10.3. The van der Waals surface area contributed by atoms with E-state index in [9.17, 15) is 14.0 Å². The number of rotatable bonds is 8. The van der Waals surface area contributed by atoms with Crippen molar-refractivity contribution < 1.29 is 28.6 Å². The van der Waals surface area contributed by atoms with Crippen LogP contribution in [0.1, 0.15) is 6.92 Å². The van der Waals surface area contributed by atoms with E-state index in [0.29, 0.717) is 0 Å². The van der Waals surface area contributed by atoms with Crippen molar-refractivity contribution in [3.8, 4) is 5.75 Å². The number of amides is 1. The summed E-state index contributed by atoms with van der Waals surface area (Å²) < 4.78 is 23.2. The average Bonchev–Trinajstić information content (AvgIpc) is 2.40. The maximum Gasteiger partial charge on any atom is 0.329 e. The summed E-state index contributed by atoms with van der Waals surface area (Å²) in [6.45, 7) is 1.29. The van der Waals surface area contributed by atoms with Crippen molar-refractivity contribution in [3.05, 3.63) is 30.1 Å². The first-order chi connectivity index (χ1) is 9.50. The zero-order valence-electron chi connectivity index (χ0n) is 11.0. The van der Waals surface area contributed by atoms with E-state index in [1.807, 2.05) is 0 Å². The van der Waals surface area contributed by atoms with E-state index >= 15 is 0 Å².